The largest absolute Gasteiger partial charge is 0.478 e. The summed E-state index contributed by atoms with van der Waals surface area (Å²) >= 11 is 5.66. The number of hydrogen-bond donors (Lipinski definition) is 2. The maximum absolute atomic E-state index is 14.1. The molecule has 118 valence electrons. The summed E-state index contributed by atoms with van der Waals surface area (Å²) in [6, 6.07) is 1.66. The van der Waals surface area contributed by atoms with Crippen molar-refractivity contribution in [3.8, 4) is 0 Å². The first-order valence-electron chi connectivity index (χ1n) is 5.77. The van der Waals surface area contributed by atoms with Crippen LogP contribution in [0.2, 0.25) is 5.02 Å². The Hall–Kier alpha value is -1.22. The fourth-order valence-corrected chi connectivity index (χ4v) is 3.38. The van der Waals surface area contributed by atoms with Crippen LogP contribution in [0.5, 0.6) is 0 Å². The van der Waals surface area contributed by atoms with Crippen molar-refractivity contribution in [1.29, 1.82) is 0 Å². The number of likely N-dealkylation sites (N-methyl/N-ethyl adjacent to an activating group) is 1. The van der Waals surface area contributed by atoms with E-state index in [-0.39, 0.29) is 5.02 Å². The van der Waals surface area contributed by atoms with Crippen LogP contribution in [0.3, 0.4) is 0 Å². The van der Waals surface area contributed by atoms with E-state index in [1.807, 2.05) is 0 Å². The lowest BCUT2D eigenvalue weighted by molar-refractivity contribution is 0.0691. The minimum Gasteiger partial charge on any atom is -0.478 e. The maximum atomic E-state index is 14.1. The van der Waals surface area contributed by atoms with E-state index in [1.54, 1.807) is 0 Å². The Morgan fingerprint density at radius 2 is 1.95 bits per heavy atom. The number of benzene rings is 1. The first-order valence-corrected chi connectivity index (χ1v) is 7.59. The number of aromatic carboxylic acids is 1. The van der Waals surface area contributed by atoms with Crippen LogP contribution in [0.4, 0.5) is 4.39 Å². The fraction of sp³-hybridized carbons (Fsp3) is 0.417. The lowest BCUT2D eigenvalue weighted by atomic mass is 10.1. The Morgan fingerprint density at radius 1 is 1.43 bits per heavy atom. The standard InChI is InChI=1S/C12H15ClFNO5S/c1-12(2,6-16)15(3)21(19,20)9-5-7(13)4-8(10(9)14)11(17)18/h4-5,16H,6H2,1-3H3,(H,17,18). The number of rotatable bonds is 5. The highest BCUT2D eigenvalue weighted by Crippen LogP contribution is 2.29. The van der Waals surface area contributed by atoms with Gasteiger partial charge in [-0.25, -0.2) is 17.6 Å². The predicted molar refractivity (Wildman–Crippen MR) is 74.5 cm³/mol. The smallest absolute Gasteiger partial charge is 0.338 e. The van der Waals surface area contributed by atoms with E-state index in [9.17, 15) is 22.7 Å². The van der Waals surface area contributed by atoms with Crippen LogP contribution >= 0.6 is 11.6 Å². The van der Waals surface area contributed by atoms with Crippen LogP contribution in [-0.4, -0.2) is 48.1 Å². The van der Waals surface area contributed by atoms with Crippen molar-refractivity contribution >= 4 is 27.6 Å². The average molecular weight is 340 g/mol. The van der Waals surface area contributed by atoms with Crippen LogP contribution < -0.4 is 0 Å². The van der Waals surface area contributed by atoms with Gasteiger partial charge in [-0.05, 0) is 26.0 Å². The molecule has 0 atom stereocenters. The van der Waals surface area contributed by atoms with Gasteiger partial charge in [0.2, 0.25) is 10.0 Å². The number of aliphatic hydroxyl groups is 1. The first kappa shape index (κ1) is 17.8. The molecule has 0 aliphatic rings. The summed E-state index contributed by atoms with van der Waals surface area (Å²) in [5, 5.41) is 17.9. The molecule has 1 aromatic carbocycles. The summed E-state index contributed by atoms with van der Waals surface area (Å²) in [7, 11) is -3.21. The molecule has 0 saturated heterocycles. The third kappa shape index (κ3) is 3.34. The maximum Gasteiger partial charge on any atom is 0.338 e. The van der Waals surface area contributed by atoms with Crippen LogP contribution in [0, 0.1) is 5.82 Å². The Morgan fingerprint density at radius 3 is 2.38 bits per heavy atom. The van der Waals surface area contributed by atoms with Gasteiger partial charge in [0, 0.05) is 12.1 Å². The summed E-state index contributed by atoms with van der Waals surface area (Å²) in [5.41, 5.74) is -2.03. The zero-order valence-corrected chi connectivity index (χ0v) is 13.2. The molecule has 0 spiro atoms. The second-order valence-corrected chi connectivity index (χ2v) is 7.39. The molecular formula is C12H15ClFNO5S. The van der Waals surface area contributed by atoms with E-state index in [1.165, 1.54) is 13.8 Å². The number of halogens is 2. The van der Waals surface area contributed by atoms with Gasteiger partial charge >= 0.3 is 5.97 Å². The molecule has 9 heteroatoms. The highest BCUT2D eigenvalue weighted by Gasteiger charge is 2.36. The van der Waals surface area contributed by atoms with Gasteiger partial charge in [-0.3, -0.25) is 0 Å². The van der Waals surface area contributed by atoms with Crippen molar-refractivity contribution in [2.45, 2.75) is 24.3 Å². The molecule has 0 aliphatic heterocycles. The highest BCUT2D eigenvalue weighted by molar-refractivity contribution is 7.89. The Labute approximate surface area is 126 Å². The minimum absolute atomic E-state index is 0.220. The first-order chi connectivity index (χ1) is 9.45. The summed E-state index contributed by atoms with van der Waals surface area (Å²) in [6.45, 7) is 2.37. The zero-order valence-electron chi connectivity index (χ0n) is 11.6. The molecule has 2 N–H and O–H groups in total. The summed E-state index contributed by atoms with van der Waals surface area (Å²) in [6.07, 6.45) is 0. The van der Waals surface area contributed by atoms with Crippen molar-refractivity contribution in [3.05, 3.63) is 28.5 Å². The second-order valence-electron chi connectivity index (χ2n) is 5.01. The van der Waals surface area contributed by atoms with Gasteiger partial charge in [-0.15, -0.1) is 0 Å². The monoisotopic (exact) mass is 339 g/mol. The number of nitrogens with zero attached hydrogens (tertiary/aromatic N) is 1. The topological polar surface area (TPSA) is 94.9 Å². The normalized spacial score (nSPS) is 12.7. The van der Waals surface area contributed by atoms with Gasteiger partial charge in [-0.1, -0.05) is 11.6 Å². The number of carbonyl (C=O) groups is 1. The summed E-state index contributed by atoms with van der Waals surface area (Å²) in [4.78, 5) is 10.1. The molecule has 0 fully saturated rings. The Balaban J connectivity index is 3.57. The quantitative estimate of drug-likeness (QED) is 0.849. The van der Waals surface area contributed by atoms with Crippen molar-refractivity contribution in [2.75, 3.05) is 13.7 Å². The fourth-order valence-electron chi connectivity index (χ4n) is 1.48. The van der Waals surface area contributed by atoms with Gasteiger partial charge in [0.1, 0.15) is 4.90 Å². The number of aliphatic hydroxyl groups excluding tert-OH is 1. The number of sulfonamides is 1. The molecular weight excluding hydrogens is 325 g/mol. The van der Waals surface area contributed by atoms with E-state index in [0.717, 1.165) is 23.5 Å². The summed E-state index contributed by atoms with van der Waals surface area (Å²) < 4.78 is 39.7. The van der Waals surface area contributed by atoms with Gasteiger partial charge in [0.05, 0.1) is 17.7 Å². The summed E-state index contributed by atoms with van der Waals surface area (Å²) in [5.74, 6) is -3.02. The third-order valence-electron chi connectivity index (χ3n) is 3.11. The number of carboxylic acid groups (broad SMARTS) is 1. The third-order valence-corrected chi connectivity index (χ3v) is 5.40. The van der Waals surface area contributed by atoms with Gasteiger partial charge in [0.15, 0.2) is 5.82 Å². The molecule has 0 saturated carbocycles. The van der Waals surface area contributed by atoms with Gasteiger partial charge < -0.3 is 10.2 Å². The zero-order chi connectivity index (χ0) is 16.6. The average Bonchev–Trinajstić information content (AvgIpc) is 2.39. The van der Waals surface area contributed by atoms with Gasteiger partial charge in [0.25, 0.3) is 0 Å². The van der Waals surface area contributed by atoms with E-state index < -0.39 is 44.4 Å². The van der Waals surface area contributed by atoms with Crippen molar-refractivity contribution in [3.63, 3.8) is 0 Å². The highest BCUT2D eigenvalue weighted by atomic mass is 35.5. The molecule has 0 radical (unpaired) electrons. The Bertz CT molecular complexity index is 674. The van der Waals surface area contributed by atoms with E-state index in [2.05, 4.69) is 0 Å². The molecule has 0 unspecified atom stereocenters. The van der Waals surface area contributed by atoms with Crippen molar-refractivity contribution < 1.29 is 27.8 Å². The van der Waals surface area contributed by atoms with Crippen molar-refractivity contribution in [2.24, 2.45) is 0 Å². The molecule has 1 rings (SSSR count). The minimum atomic E-state index is -4.37. The molecule has 0 heterocycles. The van der Waals surface area contributed by atoms with Crippen LogP contribution in [-0.2, 0) is 10.0 Å². The molecule has 0 aliphatic carbocycles. The molecule has 6 nitrogen and oxygen atoms in total. The van der Waals surface area contributed by atoms with Crippen LogP contribution in [0.1, 0.15) is 24.2 Å². The number of hydrogen-bond acceptors (Lipinski definition) is 4. The van der Waals surface area contributed by atoms with Crippen LogP contribution in [0.15, 0.2) is 17.0 Å². The van der Waals surface area contributed by atoms with E-state index in [0.29, 0.717) is 0 Å². The van der Waals surface area contributed by atoms with E-state index in [4.69, 9.17) is 16.7 Å². The molecule has 0 amide bonds. The molecule has 21 heavy (non-hydrogen) atoms. The SMILES string of the molecule is CN(C(C)(C)CO)S(=O)(=O)c1cc(Cl)cc(C(=O)O)c1F. The predicted octanol–water partition coefficient (Wildman–Crippen LogP) is 1.57. The Kier molecular flexibility index (Phi) is 4.99. The lowest BCUT2D eigenvalue weighted by Crippen LogP contribution is -2.47. The molecule has 1 aromatic rings. The van der Waals surface area contributed by atoms with Crippen LogP contribution in [0.25, 0.3) is 0 Å². The van der Waals surface area contributed by atoms with Crippen molar-refractivity contribution in [1.82, 2.24) is 4.31 Å². The number of carboxylic acids is 1. The second kappa shape index (κ2) is 5.88. The lowest BCUT2D eigenvalue weighted by Gasteiger charge is -2.32. The molecule has 0 bridgehead atoms. The molecule has 0 aromatic heterocycles. The van der Waals surface area contributed by atoms with Gasteiger partial charge in [-0.2, -0.15) is 4.31 Å². The van der Waals surface area contributed by atoms with E-state index >= 15 is 0 Å².